The van der Waals surface area contributed by atoms with Crippen LogP contribution in [0.1, 0.15) is 63.9 Å². The summed E-state index contributed by atoms with van der Waals surface area (Å²) in [6.45, 7) is 10.6. The van der Waals surface area contributed by atoms with Crippen LogP contribution in [-0.4, -0.2) is 47.6 Å². The van der Waals surface area contributed by atoms with Gasteiger partial charge in [-0.3, -0.25) is 0 Å². The minimum atomic E-state index is 0.656. The van der Waals surface area contributed by atoms with E-state index in [1.54, 1.807) is 0 Å². The highest BCUT2D eigenvalue weighted by Gasteiger charge is 2.22. The number of piperidine rings is 2. The van der Waals surface area contributed by atoms with Crippen molar-refractivity contribution >= 4 is 5.95 Å². The van der Waals surface area contributed by atoms with Crippen LogP contribution >= 0.6 is 0 Å². The smallest absolute Gasteiger partial charge is 0.225 e. The van der Waals surface area contributed by atoms with Gasteiger partial charge in [0, 0.05) is 25.5 Å². The molecule has 0 aromatic carbocycles. The van der Waals surface area contributed by atoms with E-state index < -0.39 is 0 Å². The standard InChI is InChI=1S/C19H32N4/c1-3-4-9-22-10-7-17(8-11-22)18-14-20-19(21-15-18)23-12-5-16(2)6-13-23/h14-17H,3-13H2,1-2H3. The van der Waals surface area contributed by atoms with Crippen LogP contribution in [0.2, 0.25) is 0 Å². The van der Waals surface area contributed by atoms with Crippen LogP contribution in [0.15, 0.2) is 12.4 Å². The molecule has 2 aliphatic rings. The minimum Gasteiger partial charge on any atom is -0.341 e. The van der Waals surface area contributed by atoms with E-state index in [4.69, 9.17) is 0 Å². The van der Waals surface area contributed by atoms with Crippen LogP contribution < -0.4 is 4.90 Å². The van der Waals surface area contributed by atoms with Crippen molar-refractivity contribution in [3.8, 4) is 0 Å². The fraction of sp³-hybridized carbons (Fsp3) is 0.789. The van der Waals surface area contributed by atoms with Gasteiger partial charge >= 0.3 is 0 Å². The molecular weight excluding hydrogens is 284 g/mol. The number of anilines is 1. The molecule has 0 atom stereocenters. The van der Waals surface area contributed by atoms with Gasteiger partial charge in [0.1, 0.15) is 0 Å². The molecular formula is C19H32N4. The van der Waals surface area contributed by atoms with E-state index in [1.165, 1.54) is 63.7 Å². The maximum atomic E-state index is 4.67. The zero-order valence-electron chi connectivity index (χ0n) is 14.9. The van der Waals surface area contributed by atoms with Crippen molar-refractivity contribution in [3.05, 3.63) is 18.0 Å². The van der Waals surface area contributed by atoms with Crippen molar-refractivity contribution in [2.45, 2.75) is 58.3 Å². The largest absolute Gasteiger partial charge is 0.341 e. The third kappa shape index (κ3) is 4.43. The molecule has 2 saturated heterocycles. The summed E-state index contributed by atoms with van der Waals surface area (Å²) >= 11 is 0. The number of hydrogen-bond donors (Lipinski definition) is 0. The molecule has 3 heterocycles. The van der Waals surface area contributed by atoms with E-state index in [-0.39, 0.29) is 0 Å². The Morgan fingerprint density at radius 3 is 2.26 bits per heavy atom. The first kappa shape index (κ1) is 16.7. The zero-order valence-corrected chi connectivity index (χ0v) is 14.9. The van der Waals surface area contributed by atoms with E-state index in [0.717, 1.165) is 25.0 Å². The number of nitrogens with zero attached hydrogens (tertiary/aromatic N) is 4. The molecule has 4 heteroatoms. The van der Waals surface area contributed by atoms with Crippen molar-refractivity contribution < 1.29 is 0 Å². The SMILES string of the molecule is CCCCN1CCC(c2cnc(N3CCC(C)CC3)nc2)CC1. The van der Waals surface area contributed by atoms with Crippen molar-refractivity contribution in [2.75, 3.05) is 37.6 Å². The van der Waals surface area contributed by atoms with Crippen LogP contribution in [0.3, 0.4) is 0 Å². The van der Waals surface area contributed by atoms with E-state index in [9.17, 15) is 0 Å². The maximum Gasteiger partial charge on any atom is 0.225 e. The van der Waals surface area contributed by atoms with Crippen LogP contribution in [0.4, 0.5) is 5.95 Å². The molecule has 128 valence electrons. The Bertz CT molecular complexity index is 457. The molecule has 23 heavy (non-hydrogen) atoms. The van der Waals surface area contributed by atoms with Crippen LogP contribution in [0, 0.1) is 5.92 Å². The quantitative estimate of drug-likeness (QED) is 0.829. The maximum absolute atomic E-state index is 4.67. The number of likely N-dealkylation sites (tertiary alicyclic amines) is 1. The van der Waals surface area contributed by atoms with Gasteiger partial charge in [-0.05, 0) is 69.1 Å². The highest BCUT2D eigenvalue weighted by Crippen LogP contribution is 2.28. The van der Waals surface area contributed by atoms with E-state index in [2.05, 4.69) is 46.0 Å². The lowest BCUT2D eigenvalue weighted by Gasteiger charge is -2.32. The molecule has 0 radical (unpaired) electrons. The van der Waals surface area contributed by atoms with Gasteiger partial charge in [-0.15, -0.1) is 0 Å². The first-order chi connectivity index (χ1) is 11.3. The van der Waals surface area contributed by atoms with Crippen LogP contribution in [-0.2, 0) is 0 Å². The summed E-state index contributed by atoms with van der Waals surface area (Å²) in [7, 11) is 0. The Labute approximate surface area is 141 Å². The predicted molar refractivity (Wildman–Crippen MR) is 96.0 cm³/mol. The molecule has 1 aromatic heterocycles. The Hall–Kier alpha value is -1.16. The average molecular weight is 316 g/mol. The number of hydrogen-bond acceptors (Lipinski definition) is 4. The Kier molecular flexibility index (Phi) is 5.87. The third-order valence-corrected chi connectivity index (χ3v) is 5.61. The minimum absolute atomic E-state index is 0.656. The molecule has 0 amide bonds. The Morgan fingerprint density at radius 1 is 1.00 bits per heavy atom. The second-order valence-corrected chi connectivity index (χ2v) is 7.46. The molecule has 0 spiro atoms. The monoisotopic (exact) mass is 316 g/mol. The second-order valence-electron chi connectivity index (χ2n) is 7.46. The molecule has 0 bridgehead atoms. The number of aromatic nitrogens is 2. The summed E-state index contributed by atoms with van der Waals surface area (Å²) in [5.74, 6) is 2.44. The molecule has 0 saturated carbocycles. The van der Waals surface area contributed by atoms with Crippen molar-refractivity contribution in [1.29, 1.82) is 0 Å². The molecule has 0 aliphatic carbocycles. The highest BCUT2D eigenvalue weighted by atomic mass is 15.2. The van der Waals surface area contributed by atoms with Crippen molar-refractivity contribution in [2.24, 2.45) is 5.92 Å². The lowest BCUT2D eigenvalue weighted by molar-refractivity contribution is 0.209. The van der Waals surface area contributed by atoms with Crippen LogP contribution in [0.25, 0.3) is 0 Å². The number of unbranched alkanes of at least 4 members (excludes halogenated alkanes) is 1. The molecule has 2 fully saturated rings. The third-order valence-electron chi connectivity index (χ3n) is 5.61. The van der Waals surface area contributed by atoms with E-state index in [0.29, 0.717) is 5.92 Å². The Morgan fingerprint density at radius 2 is 1.65 bits per heavy atom. The second kappa shape index (κ2) is 8.09. The van der Waals surface area contributed by atoms with Gasteiger partial charge < -0.3 is 9.80 Å². The summed E-state index contributed by atoms with van der Waals surface area (Å²) in [4.78, 5) is 14.3. The molecule has 4 nitrogen and oxygen atoms in total. The molecule has 1 aromatic rings. The summed E-state index contributed by atoms with van der Waals surface area (Å²) in [5, 5.41) is 0. The summed E-state index contributed by atoms with van der Waals surface area (Å²) in [6.07, 6.45) is 11.9. The van der Waals surface area contributed by atoms with Gasteiger partial charge in [-0.2, -0.15) is 0 Å². The van der Waals surface area contributed by atoms with Crippen LogP contribution in [0.5, 0.6) is 0 Å². The molecule has 2 aliphatic heterocycles. The molecule has 3 rings (SSSR count). The fourth-order valence-electron chi connectivity index (χ4n) is 3.79. The van der Waals surface area contributed by atoms with Gasteiger partial charge in [0.25, 0.3) is 0 Å². The van der Waals surface area contributed by atoms with Gasteiger partial charge in [-0.1, -0.05) is 20.3 Å². The first-order valence-corrected chi connectivity index (χ1v) is 9.55. The predicted octanol–water partition coefficient (Wildman–Crippen LogP) is 3.69. The topological polar surface area (TPSA) is 32.3 Å². The lowest BCUT2D eigenvalue weighted by Crippen LogP contribution is -2.34. The fourth-order valence-corrected chi connectivity index (χ4v) is 3.79. The highest BCUT2D eigenvalue weighted by molar-refractivity contribution is 5.31. The first-order valence-electron chi connectivity index (χ1n) is 9.55. The summed E-state index contributed by atoms with van der Waals surface area (Å²) in [5.41, 5.74) is 1.34. The number of rotatable bonds is 5. The van der Waals surface area contributed by atoms with Crippen molar-refractivity contribution in [3.63, 3.8) is 0 Å². The normalized spacial score (nSPS) is 21.7. The van der Waals surface area contributed by atoms with E-state index in [1.807, 2.05) is 0 Å². The molecule has 0 unspecified atom stereocenters. The van der Waals surface area contributed by atoms with Gasteiger partial charge in [0.05, 0.1) is 0 Å². The van der Waals surface area contributed by atoms with E-state index >= 15 is 0 Å². The average Bonchev–Trinajstić information content (AvgIpc) is 2.61. The lowest BCUT2D eigenvalue weighted by atomic mass is 9.91. The zero-order chi connectivity index (χ0) is 16.1. The van der Waals surface area contributed by atoms with Gasteiger partial charge in [0.15, 0.2) is 0 Å². The summed E-state index contributed by atoms with van der Waals surface area (Å²) < 4.78 is 0. The van der Waals surface area contributed by atoms with Gasteiger partial charge in [0.2, 0.25) is 5.95 Å². The summed E-state index contributed by atoms with van der Waals surface area (Å²) in [6, 6.07) is 0. The Balaban J connectivity index is 1.52. The van der Waals surface area contributed by atoms with Gasteiger partial charge in [-0.25, -0.2) is 9.97 Å². The molecule has 0 N–H and O–H groups in total. The van der Waals surface area contributed by atoms with Crippen molar-refractivity contribution in [1.82, 2.24) is 14.9 Å².